The molecule has 0 aliphatic heterocycles. The number of nitro benzene ring substituents is 1. The SMILES string of the molecule is O=C(NNc1ccccc1)c1ccc(-n2ccnc2)c([N+](=O)[O-])c1. The number of para-hydroxylation sites is 1. The van der Waals surface area contributed by atoms with Crippen LogP contribution in [0.1, 0.15) is 10.4 Å². The Bertz CT molecular complexity index is 863. The Morgan fingerprint density at radius 2 is 1.96 bits per heavy atom. The average Bonchev–Trinajstić information content (AvgIpc) is 3.14. The quantitative estimate of drug-likeness (QED) is 0.555. The number of nitrogens with one attached hydrogen (secondary N) is 2. The first-order chi connectivity index (χ1) is 11.6. The predicted octanol–water partition coefficient (Wildman–Crippen LogP) is 2.54. The summed E-state index contributed by atoms with van der Waals surface area (Å²) in [6, 6.07) is 13.3. The Hall–Kier alpha value is -3.68. The molecule has 0 unspecified atom stereocenters. The molecule has 3 rings (SSSR count). The summed E-state index contributed by atoms with van der Waals surface area (Å²) >= 11 is 0. The second-order valence-electron chi connectivity index (χ2n) is 4.88. The first kappa shape index (κ1) is 15.2. The normalized spacial score (nSPS) is 10.2. The summed E-state index contributed by atoms with van der Waals surface area (Å²) in [5.74, 6) is -0.473. The minimum Gasteiger partial charge on any atom is -0.300 e. The molecule has 0 saturated heterocycles. The third-order valence-electron chi connectivity index (χ3n) is 3.31. The Morgan fingerprint density at radius 1 is 1.17 bits per heavy atom. The molecule has 24 heavy (non-hydrogen) atoms. The smallest absolute Gasteiger partial charge is 0.294 e. The molecule has 0 bridgehead atoms. The van der Waals surface area contributed by atoms with Gasteiger partial charge in [-0.25, -0.2) is 4.98 Å². The van der Waals surface area contributed by atoms with Gasteiger partial charge in [-0.3, -0.25) is 25.8 Å². The van der Waals surface area contributed by atoms with E-state index >= 15 is 0 Å². The number of anilines is 1. The maximum Gasteiger partial charge on any atom is 0.294 e. The Labute approximate surface area is 136 Å². The highest BCUT2D eigenvalue weighted by Gasteiger charge is 2.18. The third-order valence-corrected chi connectivity index (χ3v) is 3.31. The summed E-state index contributed by atoms with van der Waals surface area (Å²) in [5, 5.41) is 11.3. The van der Waals surface area contributed by atoms with Crippen molar-refractivity contribution < 1.29 is 9.72 Å². The summed E-state index contributed by atoms with van der Waals surface area (Å²) < 4.78 is 1.52. The van der Waals surface area contributed by atoms with E-state index < -0.39 is 10.8 Å². The molecule has 1 amide bonds. The lowest BCUT2D eigenvalue weighted by Gasteiger charge is -2.09. The summed E-state index contributed by atoms with van der Waals surface area (Å²) in [7, 11) is 0. The zero-order valence-electron chi connectivity index (χ0n) is 12.4. The van der Waals surface area contributed by atoms with Crippen LogP contribution in [0.2, 0.25) is 0 Å². The molecular weight excluding hydrogens is 310 g/mol. The largest absolute Gasteiger partial charge is 0.300 e. The van der Waals surface area contributed by atoms with Crippen LogP contribution in [0.4, 0.5) is 11.4 Å². The van der Waals surface area contributed by atoms with Gasteiger partial charge in [0.05, 0.1) is 16.9 Å². The molecule has 8 nitrogen and oxygen atoms in total. The van der Waals surface area contributed by atoms with Gasteiger partial charge in [0, 0.05) is 24.0 Å². The summed E-state index contributed by atoms with van der Waals surface area (Å²) in [5.41, 5.74) is 6.29. The van der Waals surface area contributed by atoms with Crippen molar-refractivity contribution >= 4 is 17.3 Å². The zero-order chi connectivity index (χ0) is 16.9. The molecule has 0 saturated carbocycles. The molecule has 2 aromatic carbocycles. The number of amides is 1. The Balaban J connectivity index is 1.82. The first-order valence-electron chi connectivity index (χ1n) is 7.03. The molecule has 2 N–H and O–H groups in total. The topological polar surface area (TPSA) is 102 Å². The number of carbonyl (C=O) groups is 1. The van der Waals surface area contributed by atoms with E-state index in [2.05, 4.69) is 15.8 Å². The molecule has 0 aliphatic rings. The van der Waals surface area contributed by atoms with Crippen LogP contribution in [0.25, 0.3) is 5.69 Å². The number of hydrazine groups is 1. The van der Waals surface area contributed by atoms with Crippen molar-refractivity contribution in [2.75, 3.05) is 5.43 Å². The van der Waals surface area contributed by atoms with Crippen LogP contribution < -0.4 is 10.9 Å². The highest BCUT2D eigenvalue weighted by atomic mass is 16.6. The van der Waals surface area contributed by atoms with Crippen LogP contribution in [-0.4, -0.2) is 20.4 Å². The molecule has 8 heteroatoms. The van der Waals surface area contributed by atoms with E-state index in [1.54, 1.807) is 18.3 Å². The predicted molar refractivity (Wildman–Crippen MR) is 87.7 cm³/mol. The molecule has 1 heterocycles. The van der Waals surface area contributed by atoms with Crippen molar-refractivity contribution in [1.29, 1.82) is 0 Å². The minimum absolute atomic E-state index is 0.175. The van der Waals surface area contributed by atoms with E-state index in [9.17, 15) is 14.9 Å². The van der Waals surface area contributed by atoms with Gasteiger partial charge in [0.1, 0.15) is 5.69 Å². The van der Waals surface area contributed by atoms with E-state index in [1.807, 2.05) is 18.2 Å². The lowest BCUT2D eigenvalue weighted by Crippen LogP contribution is -2.29. The molecule has 3 aromatic rings. The number of imidazole rings is 1. The van der Waals surface area contributed by atoms with Gasteiger partial charge in [-0.2, -0.15) is 0 Å². The van der Waals surface area contributed by atoms with Gasteiger partial charge < -0.3 is 4.57 Å². The van der Waals surface area contributed by atoms with Crippen molar-refractivity contribution in [3.8, 4) is 5.69 Å². The van der Waals surface area contributed by atoms with Crippen LogP contribution in [0.5, 0.6) is 0 Å². The van der Waals surface area contributed by atoms with Gasteiger partial charge in [-0.05, 0) is 24.3 Å². The van der Waals surface area contributed by atoms with Crippen molar-refractivity contribution in [2.45, 2.75) is 0 Å². The highest BCUT2D eigenvalue weighted by molar-refractivity contribution is 5.96. The van der Waals surface area contributed by atoms with Crippen LogP contribution in [0.15, 0.2) is 67.3 Å². The fourth-order valence-corrected chi connectivity index (χ4v) is 2.15. The van der Waals surface area contributed by atoms with E-state index in [0.717, 1.165) is 0 Å². The number of hydrogen-bond donors (Lipinski definition) is 2. The van der Waals surface area contributed by atoms with E-state index in [-0.39, 0.29) is 11.3 Å². The van der Waals surface area contributed by atoms with Crippen molar-refractivity contribution in [1.82, 2.24) is 15.0 Å². The van der Waals surface area contributed by atoms with Crippen LogP contribution in [0, 0.1) is 10.1 Å². The van der Waals surface area contributed by atoms with Crippen LogP contribution in [0.3, 0.4) is 0 Å². The number of aromatic nitrogens is 2. The number of rotatable bonds is 5. The van der Waals surface area contributed by atoms with Crippen molar-refractivity contribution in [2.24, 2.45) is 0 Å². The van der Waals surface area contributed by atoms with Crippen LogP contribution >= 0.6 is 0 Å². The van der Waals surface area contributed by atoms with Gasteiger partial charge in [-0.1, -0.05) is 18.2 Å². The highest BCUT2D eigenvalue weighted by Crippen LogP contribution is 2.24. The van der Waals surface area contributed by atoms with Gasteiger partial charge in [0.2, 0.25) is 0 Å². The monoisotopic (exact) mass is 323 g/mol. The fourth-order valence-electron chi connectivity index (χ4n) is 2.15. The van der Waals surface area contributed by atoms with Gasteiger partial charge >= 0.3 is 0 Å². The second kappa shape index (κ2) is 6.61. The number of nitrogens with zero attached hydrogens (tertiary/aromatic N) is 3. The van der Waals surface area contributed by atoms with Crippen LogP contribution in [-0.2, 0) is 0 Å². The maximum atomic E-state index is 12.2. The van der Waals surface area contributed by atoms with Gasteiger partial charge in [0.15, 0.2) is 0 Å². The second-order valence-corrected chi connectivity index (χ2v) is 4.88. The van der Waals surface area contributed by atoms with E-state index in [1.165, 1.54) is 35.3 Å². The van der Waals surface area contributed by atoms with Gasteiger partial charge in [0.25, 0.3) is 11.6 Å². The number of carbonyl (C=O) groups excluding carboxylic acids is 1. The molecular formula is C16H13N5O3. The third kappa shape index (κ3) is 3.22. The molecule has 0 atom stereocenters. The Kier molecular flexibility index (Phi) is 4.19. The molecule has 0 radical (unpaired) electrons. The zero-order valence-corrected chi connectivity index (χ0v) is 12.4. The fraction of sp³-hybridized carbons (Fsp3) is 0. The lowest BCUT2D eigenvalue weighted by molar-refractivity contribution is -0.384. The minimum atomic E-state index is -0.531. The maximum absolute atomic E-state index is 12.2. The lowest BCUT2D eigenvalue weighted by atomic mass is 10.1. The number of hydrogen-bond acceptors (Lipinski definition) is 5. The summed E-state index contributed by atoms with van der Waals surface area (Å²) in [4.78, 5) is 26.8. The average molecular weight is 323 g/mol. The van der Waals surface area contributed by atoms with Gasteiger partial charge in [-0.15, -0.1) is 0 Å². The molecule has 0 aliphatic carbocycles. The van der Waals surface area contributed by atoms with Crippen molar-refractivity contribution in [3.05, 3.63) is 82.9 Å². The van der Waals surface area contributed by atoms with E-state index in [4.69, 9.17) is 0 Å². The molecule has 120 valence electrons. The summed E-state index contributed by atoms with van der Waals surface area (Å²) in [6.45, 7) is 0. The Morgan fingerprint density at radius 3 is 2.62 bits per heavy atom. The number of benzene rings is 2. The molecule has 1 aromatic heterocycles. The standard InChI is InChI=1S/C16H13N5O3/c22-16(19-18-13-4-2-1-3-5-13)12-6-7-14(15(10-12)21(23)24)20-9-8-17-11-20/h1-11,18H,(H,19,22). The molecule has 0 spiro atoms. The number of nitro groups is 1. The first-order valence-corrected chi connectivity index (χ1v) is 7.03. The summed E-state index contributed by atoms with van der Waals surface area (Å²) in [6.07, 6.45) is 4.58. The van der Waals surface area contributed by atoms with E-state index in [0.29, 0.717) is 11.4 Å². The molecule has 0 fully saturated rings. The van der Waals surface area contributed by atoms with Crippen molar-refractivity contribution in [3.63, 3.8) is 0 Å².